The number of hydrogen-bond donors (Lipinski definition) is 1. The van der Waals surface area contributed by atoms with E-state index >= 15 is 0 Å². The van der Waals surface area contributed by atoms with Gasteiger partial charge in [-0.2, -0.15) is 0 Å². The summed E-state index contributed by atoms with van der Waals surface area (Å²) < 4.78 is 23.5. The lowest BCUT2D eigenvalue weighted by Crippen LogP contribution is -2.08. The molecule has 0 fully saturated rings. The molecule has 1 aromatic heterocycles. The van der Waals surface area contributed by atoms with E-state index < -0.39 is 9.84 Å². The van der Waals surface area contributed by atoms with Crippen LogP contribution in [-0.4, -0.2) is 19.7 Å². The molecule has 1 aliphatic carbocycles. The Morgan fingerprint density at radius 1 is 1.19 bits per heavy atom. The number of benzene rings is 1. The van der Waals surface area contributed by atoms with Gasteiger partial charge in [0.15, 0.2) is 9.84 Å². The second kappa shape index (κ2) is 5.48. The third-order valence-corrected chi connectivity index (χ3v) is 4.92. The molecule has 0 aliphatic heterocycles. The van der Waals surface area contributed by atoms with Crippen LogP contribution in [0.15, 0.2) is 41.4 Å². The van der Waals surface area contributed by atoms with Crippen LogP contribution in [0.2, 0.25) is 0 Å². The highest BCUT2D eigenvalue weighted by Crippen LogP contribution is 2.24. The molecule has 2 aromatic rings. The van der Waals surface area contributed by atoms with E-state index in [1.807, 2.05) is 0 Å². The summed E-state index contributed by atoms with van der Waals surface area (Å²) in [6.45, 7) is 0.576. The van der Waals surface area contributed by atoms with Gasteiger partial charge in [0.1, 0.15) is 10.7 Å². The van der Waals surface area contributed by atoms with Gasteiger partial charge < -0.3 is 5.32 Å². The van der Waals surface area contributed by atoms with Crippen molar-refractivity contribution in [3.8, 4) is 0 Å². The van der Waals surface area contributed by atoms with Crippen molar-refractivity contribution in [2.45, 2.75) is 30.7 Å². The highest BCUT2D eigenvalue weighted by atomic mass is 32.2. The molecule has 0 radical (unpaired) electrons. The maximum absolute atomic E-state index is 11.7. The van der Waals surface area contributed by atoms with E-state index in [0.717, 1.165) is 12.0 Å². The number of nitrogens with zero attached hydrogens (tertiary/aromatic N) is 1. The summed E-state index contributed by atoms with van der Waals surface area (Å²) >= 11 is 0. The zero-order valence-electron chi connectivity index (χ0n) is 12.0. The standard InChI is InChI=1S/C16H18N2O2S/c1-21(19,20)15-6-3-9-17-16(15)18-11-12-7-8-13-4-2-5-14(13)10-12/h3,6-10H,2,4-5,11H2,1H3,(H,17,18). The van der Waals surface area contributed by atoms with Crippen molar-refractivity contribution in [1.29, 1.82) is 0 Å². The van der Waals surface area contributed by atoms with Crippen LogP contribution in [-0.2, 0) is 29.2 Å². The van der Waals surface area contributed by atoms with Crippen LogP contribution in [0.25, 0.3) is 0 Å². The molecule has 0 atom stereocenters. The van der Waals surface area contributed by atoms with Crippen molar-refractivity contribution in [3.63, 3.8) is 0 Å². The largest absolute Gasteiger partial charge is 0.365 e. The summed E-state index contributed by atoms with van der Waals surface area (Å²) in [6.07, 6.45) is 6.33. The normalized spacial score (nSPS) is 14.0. The third kappa shape index (κ3) is 3.08. The molecule has 1 N–H and O–H groups in total. The van der Waals surface area contributed by atoms with Crippen molar-refractivity contribution < 1.29 is 8.42 Å². The van der Waals surface area contributed by atoms with E-state index in [1.165, 1.54) is 30.2 Å². The van der Waals surface area contributed by atoms with Gasteiger partial charge in [-0.15, -0.1) is 0 Å². The minimum absolute atomic E-state index is 0.242. The summed E-state index contributed by atoms with van der Waals surface area (Å²) in [4.78, 5) is 4.38. The summed E-state index contributed by atoms with van der Waals surface area (Å²) in [6, 6.07) is 9.69. The smallest absolute Gasteiger partial charge is 0.179 e. The van der Waals surface area contributed by atoms with Crippen molar-refractivity contribution in [2.24, 2.45) is 0 Å². The van der Waals surface area contributed by atoms with Crippen LogP contribution < -0.4 is 5.32 Å². The van der Waals surface area contributed by atoms with Gasteiger partial charge in [0.25, 0.3) is 0 Å². The van der Waals surface area contributed by atoms with Gasteiger partial charge in [-0.25, -0.2) is 13.4 Å². The fraction of sp³-hybridized carbons (Fsp3) is 0.312. The minimum atomic E-state index is -3.27. The number of rotatable bonds is 4. The first-order valence-electron chi connectivity index (χ1n) is 7.04. The molecular formula is C16H18N2O2S. The van der Waals surface area contributed by atoms with Gasteiger partial charge in [0, 0.05) is 19.0 Å². The first kappa shape index (κ1) is 14.1. The average Bonchev–Trinajstić information content (AvgIpc) is 2.92. The van der Waals surface area contributed by atoms with Gasteiger partial charge in [-0.05, 0) is 48.1 Å². The highest BCUT2D eigenvalue weighted by Gasteiger charge is 2.14. The Labute approximate surface area is 125 Å². The monoisotopic (exact) mass is 302 g/mol. The van der Waals surface area contributed by atoms with Crippen LogP contribution >= 0.6 is 0 Å². The summed E-state index contributed by atoms with van der Waals surface area (Å²) in [7, 11) is -3.27. The molecule has 21 heavy (non-hydrogen) atoms. The van der Waals surface area contributed by atoms with Gasteiger partial charge in [0.2, 0.25) is 0 Å². The lowest BCUT2D eigenvalue weighted by atomic mass is 10.1. The molecule has 1 aliphatic rings. The Morgan fingerprint density at radius 3 is 2.81 bits per heavy atom. The molecule has 0 bridgehead atoms. The zero-order chi connectivity index (χ0) is 14.9. The van der Waals surface area contributed by atoms with Gasteiger partial charge in [-0.1, -0.05) is 18.2 Å². The number of hydrogen-bond acceptors (Lipinski definition) is 4. The fourth-order valence-electron chi connectivity index (χ4n) is 2.74. The first-order chi connectivity index (χ1) is 10.0. The predicted molar refractivity (Wildman–Crippen MR) is 83.1 cm³/mol. The molecule has 4 nitrogen and oxygen atoms in total. The molecule has 0 spiro atoms. The van der Waals surface area contributed by atoms with E-state index in [-0.39, 0.29) is 4.90 Å². The number of anilines is 1. The highest BCUT2D eigenvalue weighted by molar-refractivity contribution is 7.90. The number of aromatic nitrogens is 1. The number of sulfone groups is 1. The molecule has 0 amide bonds. The molecule has 0 saturated carbocycles. The number of fused-ring (bicyclic) bond motifs is 1. The van der Waals surface area contributed by atoms with Gasteiger partial charge in [0.05, 0.1) is 0 Å². The number of aryl methyl sites for hydroxylation is 2. The average molecular weight is 302 g/mol. The molecule has 0 saturated heterocycles. The van der Waals surface area contributed by atoms with E-state index in [2.05, 4.69) is 28.5 Å². The van der Waals surface area contributed by atoms with Crippen molar-refractivity contribution in [2.75, 3.05) is 11.6 Å². The van der Waals surface area contributed by atoms with Crippen LogP contribution in [0.5, 0.6) is 0 Å². The number of nitrogens with one attached hydrogen (secondary N) is 1. The van der Waals surface area contributed by atoms with Crippen LogP contribution in [0.4, 0.5) is 5.82 Å². The Bertz CT molecular complexity index is 770. The molecule has 1 heterocycles. The Hall–Kier alpha value is -1.88. The zero-order valence-corrected chi connectivity index (χ0v) is 12.8. The van der Waals surface area contributed by atoms with Crippen molar-refractivity contribution in [1.82, 2.24) is 4.98 Å². The summed E-state index contributed by atoms with van der Waals surface area (Å²) in [5.74, 6) is 0.417. The lowest BCUT2D eigenvalue weighted by Gasteiger charge is -2.10. The number of pyridine rings is 1. The van der Waals surface area contributed by atoms with E-state index in [9.17, 15) is 8.42 Å². The van der Waals surface area contributed by atoms with E-state index in [0.29, 0.717) is 12.4 Å². The first-order valence-corrected chi connectivity index (χ1v) is 8.93. The SMILES string of the molecule is CS(=O)(=O)c1cccnc1NCc1ccc2c(c1)CCC2. The molecule has 3 rings (SSSR count). The quantitative estimate of drug-likeness (QED) is 0.943. The van der Waals surface area contributed by atoms with Crippen molar-refractivity contribution in [3.05, 3.63) is 53.2 Å². The Morgan fingerprint density at radius 2 is 2.00 bits per heavy atom. The van der Waals surface area contributed by atoms with E-state index in [4.69, 9.17) is 0 Å². The molecule has 0 unspecified atom stereocenters. The Kier molecular flexibility index (Phi) is 3.68. The fourth-order valence-corrected chi connectivity index (χ4v) is 3.55. The molecule has 1 aromatic carbocycles. The molecular weight excluding hydrogens is 284 g/mol. The second-order valence-corrected chi connectivity index (χ2v) is 7.42. The predicted octanol–water partition coefficient (Wildman–Crippen LogP) is 2.59. The topological polar surface area (TPSA) is 59.1 Å². The van der Waals surface area contributed by atoms with Crippen LogP contribution in [0.3, 0.4) is 0 Å². The third-order valence-electron chi connectivity index (χ3n) is 3.79. The molecule has 110 valence electrons. The van der Waals surface area contributed by atoms with E-state index in [1.54, 1.807) is 18.3 Å². The maximum Gasteiger partial charge on any atom is 0.179 e. The van der Waals surface area contributed by atoms with Crippen LogP contribution in [0, 0.1) is 0 Å². The second-order valence-electron chi connectivity index (χ2n) is 5.43. The summed E-state index contributed by atoms with van der Waals surface area (Å²) in [5.41, 5.74) is 4.01. The maximum atomic E-state index is 11.7. The lowest BCUT2D eigenvalue weighted by molar-refractivity contribution is 0.601. The Balaban J connectivity index is 1.80. The van der Waals surface area contributed by atoms with Gasteiger partial charge in [-0.3, -0.25) is 0 Å². The van der Waals surface area contributed by atoms with Gasteiger partial charge >= 0.3 is 0 Å². The minimum Gasteiger partial charge on any atom is -0.365 e. The van der Waals surface area contributed by atoms with Crippen LogP contribution in [0.1, 0.15) is 23.1 Å². The van der Waals surface area contributed by atoms with Crippen molar-refractivity contribution >= 4 is 15.7 Å². The summed E-state index contributed by atoms with van der Waals surface area (Å²) in [5, 5.41) is 3.14. The molecule has 5 heteroatoms.